The van der Waals surface area contributed by atoms with Crippen molar-refractivity contribution in [3.63, 3.8) is 0 Å². The molecule has 1 saturated carbocycles. The molecule has 0 bridgehead atoms. The minimum Gasteiger partial charge on any atom is -0.353 e. The highest BCUT2D eigenvalue weighted by Gasteiger charge is 2.41. The zero-order chi connectivity index (χ0) is 14.3. The number of anilines is 1. The quantitative estimate of drug-likeness (QED) is 0.743. The van der Waals surface area contributed by atoms with Crippen LogP contribution in [0.1, 0.15) is 12.8 Å². The van der Waals surface area contributed by atoms with Gasteiger partial charge in [-0.15, -0.1) is 0 Å². The van der Waals surface area contributed by atoms with E-state index >= 15 is 0 Å². The van der Waals surface area contributed by atoms with Crippen molar-refractivity contribution >= 4 is 43.4 Å². The molecule has 2 heterocycles. The lowest BCUT2D eigenvalue weighted by molar-refractivity contribution is 0.383. The summed E-state index contributed by atoms with van der Waals surface area (Å²) in [6.07, 6.45) is 3.21. The van der Waals surface area contributed by atoms with Gasteiger partial charge in [-0.3, -0.25) is 0 Å². The van der Waals surface area contributed by atoms with E-state index in [1.807, 2.05) is 4.90 Å². The van der Waals surface area contributed by atoms with Crippen LogP contribution >= 0.6 is 27.5 Å². The van der Waals surface area contributed by atoms with Crippen molar-refractivity contribution in [3.05, 3.63) is 16.0 Å². The minimum absolute atomic E-state index is 0.144. The van der Waals surface area contributed by atoms with Crippen LogP contribution in [0.25, 0.3) is 0 Å². The third-order valence-corrected chi connectivity index (χ3v) is 6.68. The van der Waals surface area contributed by atoms with Crippen molar-refractivity contribution in [2.45, 2.75) is 18.1 Å². The normalized spacial score (nSPS) is 21.2. The first-order valence-electron chi connectivity index (χ1n) is 6.40. The SMILES string of the molecule is O=S(=O)(C1CC1)N1CCN(c2nc(Cl)ncc2Br)CC1. The zero-order valence-electron chi connectivity index (χ0n) is 10.7. The highest BCUT2D eigenvalue weighted by atomic mass is 79.9. The molecule has 0 atom stereocenters. The van der Waals surface area contributed by atoms with Gasteiger partial charge in [0.25, 0.3) is 0 Å². The van der Waals surface area contributed by atoms with E-state index < -0.39 is 10.0 Å². The summed E-state index contributed by atoms with van der Waals surface area (Å²) in [5.41, 5.74) is 0. The standard InChI is InChI=1S/C11H14BrClN4O2S/c12-9-7-14-11(13)15-10(9)16-3-5-17(6-4-16)20(18,19)8-1-2-8/h7-8H,1-6H2. The fourth-order valence-corrected chi connectivity index (χ4v) is 4.69. The van der Waals surface area contributed by atoms with Gasteiger partial charge in [0.05, 0.1) is 9.72 Å². The summed E-state index contributed by atoms with van der Waals surface area (Å²) in [4.78, 5) is 10.1. The van der Waals surface area contributed by atoms with E-state index in [2.05, 4.69) is 25.9 Å². The number of nitrogens with zero attached hydrogens (tertiary/aromatic N) is 4. The molecule has 1 aliphatic carbocycles. The van der Waals surface area contributed by atoms with Gasteiger partial charge in [0.2, 0.25) is 15.3 Å². The summed E-state index contributed by atoms with van der Waals surface area (Å²) in [5, 5.41) is 0.0468. The van der Waals surface area contributed by atoms with Crippen molar-refractivity contribution in [1.82, 2.24) is 14.3 Å². The van der Waals surface area contributed by atoms with Crippen LogP contribution in [0.5, 0.6) is 0 Å². The van der Waals surface area contributed by atoms with Gasteiger partial charge in [0, 0.05) is 32.4 Å². The molecule has 0 unspecified atom stereocenters. The first-order valence-corrected chi connectivity index (χ1v) is 9.08. The molecule has 9 heteroatoms. The maximum Gasteiger partial charge on any atom is 0.224 e. The molecule has 0 N–H and O–H groups in total. The van der Waals surface area contributed by atoms with E-state index in [9.17, 15) is 8.42 Å². The Labute approximate surface area is 131 Å². The van der Waals surface area contributed by atoms with Crippen LogP contribution in [0.4, 0.5) is 5.82 Å². The molecule has 110 valence electrons. The fourth-order valence-electron chi connectivity index (χ4n) is 2.29. The Morgan fingerprint density at radius 1 is 1.25 bits per heavy atom. The Kier molecular flexibility index (Phi) is 3.91. The minimum atomic E-state index is -3.08. The summed E-state index contributed by atoms with van der Waals surface area (Å²) < 4.78 is 26.7. The second-order valence-corrected chi connectivity index (χ2v) is 8.35. The maximum absolute atomic E-state index is 12.2. The Morgan fingerprint density at radius 3 is 2.50 bits per heavy atom. The summed E-state index contributed by atoms with van der Waals surface area (Å²) in [6, 6.07) is 0. The predicted molar refractivity (Wildman–Crippen MR) is 80.5 cm³/mol. The van der Waals surface area contributed by atoms with Crippen LogP contribution in [0.2, 0.25) is 5.28 Å². The number of halogens is 2. The summed E-state index contributed by atoms with van der Waals surface area (Å²) in [5.74, 6) is 0.716. The number of rotatable bonds is 3. The van der Waals surface area contributed by atoms with Gasteiger partial charge < -0.3 is 4.90 Å². The average molecular weight is 382 g/mol. The topological polar surface area (TPSA) is 66.4 Å². The highest BCUT2D eigenvalue weighted by Crippen LogP contribution is 2.32. The summed E-state index contributed by atoms with van der Waals surface area (Å²) in [7, 11) is -3.08. The number of aromatic nitrogens is 2. The molecule has 1 aromatic heterocycles. The molecule has 20 heavy (non-hydrogen) atoms. The van der Waals surface area contributed by atoms with Crippen molar-refractivity contribution in [2.75, 3.05) is 31.1 Å². The van der Waals surface area contributed by atoms with E-state index in [4.69, 9.17) is 11.6 Å². The Hall–Kier alpha value is -0.440. The highest BCUT2D eigenvalue weighted by molar-refractivity contribution is 9.10. The lowest BCUT2D eigenvalue weighted by Gasteiger charge is -2.35. The average Bonchev–Trinajstić information content (AvgIpc) is 3.26. The molecule has 2 fully saturated rings. The Balaban J connectivity index is 1.71. The second-order valence-electron chi connectivity index (χ2n) is 4.94. The molecule has 0 aromatic carbocycles. The smallest absolute Gasteiger partial charge is 0.224 e. The molecule has 6 nitrogen and oxygen atoms in total. The fraction of sp³-hybridized carbons (Fsp3) is 0.636. The first kappa shape index (κ1) is 14.5. The number of hydrogen-bond acceptors (Lipinski definition) is 5. The molecular formula is C11H14BrClN4O2S. The molecule has 3 rings (SSSR count). The number of piperazine rings is 1. The largest absolute Gasteiger partial charge is 0.353 e. The molecule has 0 amide bonds. The van der Waals surface area contributed by atoms with Crippen LogP contribution in [-0.2, 0) is 10.0 Å². The van der Waals surface area contributed by atoms with Gasteiger partial charge >= 0.3 is 0 Å². The van der Waals surface area contributed by atoms with Crippen molar-refractivity contribution in [2.24, 2.45) is 0 Å². The van der Waals surface area contributed by atoms with E-state index in [0.717, 1.165) is 17.3 Å². The molecular weight excluding hydrogens is 368 g/mol. The molecule has 1 saturated heterocycles. The monoisotopic (exact) mass is 380 g/mol. The predicted octanol–water partition coefficient (Wildman–Crippen LogP) is 1.51. The molecule has 0 spiro atoms. The van der Waals surface area contributed by atoms with Crippen LogP contribution in [-0.4, -0.2) is 54.1 Å². The zero-order valence-corrected chi connectivity index (χ0v) is 13.8. The van der Waals surface area contributed by atoms with Crippen LogP contribution in [0.15, 0.2) is 10.7 Å². The van der Waals surface area contributed by atoms with E-state index in [1.54, 1.807) is 10.5 Å². The van der Waals surface area contributed by atoms with Crippen LogP contribution < -0.4 is 4.90 Å². The van der Waals surface area contributed by atoms with Crippen molar-refractivity contribution < 1.29 is 8.42 Å². The first-order chi connectivity index (χ1) is 9.48. The van der Waals surface area contributed by atoms with Gasteiger partial charge in [-0.1, -0.05) is 0 Å². The van der Waals surface area contributed by atoms with Gasteiger partial charge in [-0.25, -0.2) is 13.4 Å². The summed E-state index contributed by atoms with van der Waals surface area (Å²) >= 11 is 9.21. The van der Waals surface area contributed by atoms with Gasteiger partial charge in [0.15, 0.2) is 0 Å². The van der Waals surface area contributed by atoms with Crippen LogP contribution in [0.3, 0.4) is 0 Å². The van der Waals surface area contributed by atoms with E-state index in [1.165, 1.54) is 0 Å². The Bertz CT molecular complexity index is 615. The van der Waals surface area contributed by atoms with Gasteiger partial charge in [-0.2, -0.15) is 9.29 Å². The lowest BCUT2D eigenvalue weighted by Crippen LogP contribution is -2.50. The third-order valence-electron chi connectivity index (χ3n) is 3.54. The molecule has 2 aliphatic rings. The number of hydrogen-bond donors (Lipinski definition) is 0. The van der Waals surface area contributed by atoms with Crippen molar-refractivity contribution in [1.29, 1.82) is 0 Å². The molecule has 0 radical (unpaired) electrons. The van der Waals surface area contributed by atoms with E-state index in [0.29, 0.717) is 32.0 Å². The third kappa shape index (κ3) is 2.79. The molecule has 1 aliphatic heterocycles. The Morgan fingerprint density at radius 2 is 1.90 bits per heavy atom. The van der Waals surface area contributed by atoms with Gasteiger partial charge in [0.1, 0.15) is 5.82 Å². The van der Waals surface area contributed by atoms with Gasteiger partial charge in [-0.05, 0) is 40.4 Å². The second kappa shape index (κ2) is 5.40. The molecule has 1 aromatic rings. The van der Waals surface area contributed by atoms with Crippen molar-refractivity contribution in [3.8, 4) is 0 Å². The number of sulfonamides is 1. The lowest BCUT2D eigenvalue weighted by atomic mass is 10.3. The van der Waals surface area contributed by atoms with Crippen LogP contribution in [0, 0.1) is 0 Å². The maximum atomic E-state index is 12.2. The summed E-state index contributed by atoms with van der Waals surface area (Å²) in [6.45, 7) is 2.20. The van der Waals surface area contributed by atoms with E-state index in [-0.39, 0.29) is 10.5 Å².